The standard InChI is InChI=1S/C25H26N4O3/c1-4-28(5-2)22(30)16-29-14-13-19-15-20(11-12-21(19)29)26-25(31)23-17(3)32-27-24(23)18-9-7-6-8-10-18/h6-15H,4-5,16H2,1-3H3,(H,26,31). The normalized spacial score (nSPS) is 11.0. The quantitative estimate of drug-likeness (QED) is 0.460. The van der Waals surface area contributed by atoms with Crippen LogP contribution in [-0.4, -0.2) is 39.5 Å². The maximum atomic E-state index is 13.1. The Morgan fingerprint density at radius 1 is 1.06 bits per heavy atom. The number of carbonyl (C=O) groups is 2. The van der Waals surface area contributed by atoms with E-state index in [0.29, 0.717) is 35.8 Å². The topological polar surface area (TPSA) is 80.4 Å². The number of amides is 2. The largest absolute Gasteiger partial charge is 0.360 e. The second-order valence-corrected chi connectivity index (χ2v) is 7.57. The summed E-state index contributed by atoms with van der Waals surface area (Å²) in [5.74, 6) is 0.267. The van der Waals surface area contributed by atoms with Crippen LogP contribution in [0.15, 0.2) is 65.3 Å². The number of benzene rings is 2. The summed E-state index contributed by atoms with van der Waals surface area (Å²) in [7, 11) is 0. The zero-order chi connectivity index (χ0) is 22.7. The number of hydrogen-bond acceptors (Lipinski definition) is 4. The molecule has 32 heavy (non-hydrogen) atoms. The van der Waals surface area contributed by atoms with Crippen LogP contribution < -0.4 is 5.32 Å². The monoisotopic (exact) mass is 430 g/mol. The van der Waals surface area contributed by atoms with Crippen LogP contribution in [0.2, 0.25) is 0 Å². The van der Waals surface area contributed by atoms with Gasteiger partial charge in [-0.05, 0) is 45.0 Å². The molecule has 4 rings (SSSR count). The molecule has 0 bridgehead atoms. The molecule has 0 atom stereocenters. The number of rotatable bonds is 7. The van der Waals surface area contributed by atoms with Gasteiger partial charge < -0.3 is 19.3 Å². The molecule has 2 amide bonds. The number of anilines is 1. The van der Waals surface area contributed by atoms with Crippen molar-refractivity contribution in [3.8, 4) is 11.3 Å². The molecule has 4 aromatic rings. The highest BCUT2D eigenvalue weighted by Gasteiger charge is 2.22. The third-order valence-electron chi connectivity index (χ3n) is 5.59. The van der Waals surface area contributed by atoms with E-state index in [4.69, 9.17) is 4.52 Å². The van der Waals surface area contributed by atoms with E-state index in [1.165, 1.54) is 0 Å². The van der Waals surface area contributed by atoms with Gasteiger partial charge in [0.25, 0.3) is 5.91 Å². The average Bonchev–Trinajstić information content (AvgIpc) is 3.38. The van der Waals surface area contributed by atoms with Crippen LogP contribution >= 0.6 is 0 Å². The second-order valence-electron chi connectivity index (χ2n) is 7.57. The first-order valence-corrected chi connectivity index (χ1v) is 10.7. The van der Waals surface area contributed by atoms with Crippen LogP contribution in [0, 0.1) is 6.92 Å². The van der Waals surface area contributed by atoms with Gasteiger partial charge in [0, 0.05) is 41.4 Å². The highest BCUT2D eigenvalue weighted by Crippen LogP contribution is 2.27. The Balaban J connectivity index is 1.56. The molecular formula is C25H26N4O3. The Morgan fingerprint density at radius 2 is 1.81 bits per heavy atom. The first-order valence-electron chi connectivity index (χ1n) is 10.7. The molecule has 2 heterocycles. The summed E-state index contributed by atoms with van der Waals surface area (Å²) in [5, 5.41) is 7.98. The van der Waals surface area contributed by atoms with Gasteiger partial charge in [-0.15, -0.1) is 0 Å². The van der Waals surface area contributed by atoms with Crippen LogP contribution in [0.4, 0.5) is 5.69 Å². The molecule has 7 heteroatoms. The fraction of sp³-hybridized carbons (Fsp3) is 0.240. The van der Waals surface area contributed by atoms with Crippen LogP contribution in [0.1, 0.15) is 30.0 Å². The van der Waals surface area contributed by atoms with E-state index in [-0.39, 0.29) is 18.4 Å². The number of carbonyl (C=O) groups excluding carboxylic acids is 2. The summed E-state index contributed by atoms with van der Waals surface area (Å²) >= 11 is 0. The van der Waals surface area contributed by atoms with E-state index in [1.54, 1.807) is 6.92 Å². The number of nitrogens with one attached hydrogen (secondary N) is 1. The first kappa shape index (κ1) is 21.4. The molecule has 164 valence electrons. The van der Waals surface area contributed by atoms with Gasteiger partial charge >= 0.3 is 0 Å². The van der Waals surface area contributed by atoms with Crippen molar-refractivity contribution in [2.75, 3.05) is 18.4 Å². The van der Waals surface area contributed by atoms with E-state index in [1.807, 2.05) is 84.1 Å². The summed E-state index contributed by atoms with van der Waals surface area (Å²) in [4.78, 5) is 27.3. The van der Waals surface area contributed by atoms with Crippen molar-refractivity contribution >= 4 is 28.4 Å². The average molecular weight is 431 g/mol. The molecule has 0 aliphatic rings. The van der Waals surface area contributed by atoms with Crippen molar-refractivity contribution in [1.29, 1.82) is 0 Å². The van der Waals surface area contributed by atoms with Crippen molar-refractivity contribution in [3.63, 3.8) is 0 Å². The highest BCUT2D eigenvalue weighted by atomic mass is 16.5. The molecule has 0 fully saturated rings. The van der Waals surface area contributed by atoms with E-state index < -0.39 is 0 Å². The van der Waals surface area contributed by atoms with Gasteiger partial charge in [-0.2, -0.15) is 0 Å². The van der Waals surface area contributed by atoms with Crippen molar-refractivity contribution in [2.24, 2.45) is 0 Å². The Labute approximate surface area is 186 Å². The van der Waals surface area contributed by atoms with E-state index in [0.717, 1.165) is 16.5 Å². The maximum Gasteiger partial charge on any atom is 0.261 e. The summed E-state index contributed by atoms with van der Waals surface area (Å²) in [6.07, 6.45) is 1.90. The van der Waals surface area contributed by atoms with E-state index in [2.05, 4.69) is 10.5 Å². The van der Waals surface area contributed by atoms with Crippen LogP contribution in [0.5, 0.6) is 0 Å². The number of aromatic nitrogens is 2. The zero-order valence-corrected chi connectivity index (χ0v) is 18.5. The van der Waals surface area contributed by atoms with E-state index in [9.17, 15) is 9.59 Å². The molecular weight excluding hydrogens is 404 g/mol. The Bertz CT molecular complexity index is 1250. The fourth-order valence-electron chi connectivity index (χ4n) is 3.86. The number of nitrogens with zero attached hydrogens (tertiary/aromatic N) is 3. The van der Waals surface area contributed by atoms with Gasteiger partial charge in [0.1, 0.15) is 23.6 Å². The minimum absolute atomic E-state index is 0.0845. The van der Waals surface area contributed by atoms with Crippen molar-refractivity contribution in [1.82, 2.24) is 14.6 Å². The van der Waals surface area contributed by atoms with Crippen molar-refractivity contribution < 1.29 is 14.1 Å². The second kappa shape index (κ2) is 9.09. The van der Waals surface area contributed by atoms with Crippen LogP contribution in [0.25, 0.3) is 22.2 Å². The van der Waals surface area contributed by atoms with Crippen molar-refractivity contribution in [2.45, 2.75) is 27.3 Å². The number of fused-ring (bicyclic) bond motifs is 1. The lowest BCUT2D eigenvalue weighted by atomic mass is 10.1. The summed E-state index contributed by atoms with van der Waals surface area (Å²) in [6.45, 7) is 7.35. The van der Waals surface area contributed by atoms with Gasteiger partial charge in [-0.3, -0.25) is 9.59 Å². The Morgan fingerprint density at radius 3 is 2.53 bits per heavy atom. The lowest BCUT2D eigenvalue weighted by Crippen LogP contribution is -2.33. The molecule has 0 spiro atoms. The molecule has 1 N–H and O–H groups in total. The predicted octanol–water partition coefficient (Wildman–Crippen LogP) is 4.73. The number of likely N-dealkylation sites (N-methyl/N-ethyl adjacent to an activating group) is 1. The summed E-state index contributed by atoms with van der Waals surface area (Å²) in [5.41, 5.74) is 3.35. The molecule has 7 nitrogen and oxygen atoms in total. The molecule has 0 saturated heterocycles. The molecule has 2 aromatic carbocycles. The first-order chi connectivity index (χ1) is 15.5. The molecule has 2 aromatic heterocycles. The van der Waals surface area contributed by atoms with E-state index >= 15 is 0 Å². The molecule has 0 saturated carbocycles. The van der Waals surface area contributed by atoms with Gasteiger partial charge in [0.15, 0.2) is 0 Å². The lowest BCUT2D eigenvalue weighted by Gasteiger charge is -2.19. The minimum Gasteiger partial charge on any atom is -0.360 e. The van der Waals surface area contributed by atoms with Gasteiger partial charge in [0.2, 0.25) is 5.91 Å². The third kappa shape index (κ3) is 4.14. The third-order valence-corrected chi connectivity index (χ3v) is 5.59. The number of aryl methyl sites for hydroxylation is 1. The molecule has 0 aliphatic heterocycles. The van der Waals surface area contributed by atoms with Crippen LogP contribution in [-0.2, 0) is 11.3 Å². The number of hydrogen-bond donors (Lipinski definition) is 1. The molecule has 0 aliphatic carbocycles. The SMILES string of the molecule is CCN(CC)C(=O)Cn1ccc2cc(NC(=O)c3c(-c4ccccc4)noc3C)ccc21. The lowest BCUT2D eigenvalue weighted by molar-refractivity contribution is -0.131. The summed E-state index contributed by atoms with van der Waals surface area (Å²) < 4.78 is 7.24. The van der Waals surface area contributed by atoms with Gasteiger partial charge in [0.05, 0.1) is 0 Å². The fourth-order valence-corrected chi connectivity index (χ4v) is 3.86. The highest BCUT2D eigenvalue weighted by molar-refractivity contribution is 6.09. The molecule has 0 unspecified atom stereocenters. The smallest absolute Gasteiger partial charge is 0.261 e. The minimum atomic E-state index is -0.280. The Hall–Kier alpha value is -3.87. The Kier molecular flexibility index (Phi) is 6.07. The summed E-state index contributed by atoms with van der Waals surface area (Å²) in [6, 6.07) is 17.1. The van der Waals surface area contributed by atoms with Gasteiger partial charge in [-0.25, -0.2) is 0 Å². The van der Waals surface area contributed by atoms with Crippen LogP contribution in [0.3, 0.4) is 0 Å². The predicted molar refractivity (Wildman–Crippen MR) is 124 cm³/mol. The maximum absolute atomic E-state index is 13.1. The zero-order valence-electron chi connectivity index (χ0n) is 18.5. The van der Waals surface area contributed by atoms with Crippen molar-refractivity contribution in [3.05, 3.63) is 72.1 Å². The molecule has 0 radical (unpaired) electrons. The van der Waals surface area contributed by atoms with Gasteiger partial charge in [-0.1, -0.05) is 35.5 Å².